The van der Waals surface area contributed by atoms with Crippen LogP contribution >= 0.6 is 0 Å². The number of methoxy groups -OCH3 is 1. The van der Waals surface area contributed by atoms with Crippen molar-refractivity contribution in [2.75, 3.05) is 7.11 Å². The zero-order valence-electron chi connectivity index (χ0n) is 13.4. The minimum Gasteiger partial charge on any atom is -0.497 e. The molecule has 0 aliphatic heterocycles. The van der Waals surface area contributed by atoms with E-state index in [1.54, 1.807) is 24.0 Å². The Bertz CT molecular complexity index is 1090. The number of ether oxygens (including phenoxy) is 1. The van der Waals surface area contributed by atoms with Crippen molar-refractivity contribution in [3.05, 3.63) is 58.8 Å². The lowest BCUT2D eigenvalue weighted by atomic mass is 10.0. The molecule has 0 unspecified atom stereocenters. The van der Waals surface area contributed by atoms with Crippen LogP contribution in [0.4, 0.5) is 0 Å². The quantitative estimate of drug-likeness (QED) is 0.630. The Kier molecular flexibility index (Phi) is 3.30. The molecule has 0 atom stereocenters. The first-order chi connectivity index (χ1) is 11.7. The first kappa shape index (κ1) is 14.4. The van der Waals surface area contributed by atoms with Gasteiger partial charge in [0.15, 0.2) is 5.65 Å². The van der Waals surface area contributed by atoms with Gasteiger partial charge in [-0.05, 0) is 30.2 Å². The third-order valence-corrected chi connectivity index (χ3v) is 4.17. The molecule has 0 spiro atoms. The molecule has 6 nitrogen and oxygen atoms in total. The highest BCUT2D eigenvalue weighted by Gasteiger charge is 2.17. The van der Waals surface area contributed by atoms with E-state index in [0.29, 0.717) is 5.39 Å². The van der Waals surface area contributed by atoms with Crippen LogP contribution in [0.1, 0.15) is 12.6 Å². The van der Waals surface area contributed by atoms with Crippen molar-refractivity contribution < 1.29 is 4.74 Å². The van der Waals surface area contributed by atoms with Crippen molar-refractivity contribution in [3.63, 3.8) is 0 Å². The van der Waals surface area contributed by atoms with Gasteiger partial charge >= 0.3 is 0 Å². The Balaban J connectivity index is 2.05. The maximum absolute atomic E-state index is 12.0. The molecule has 4 aromatic rings. The van der Waals surface area contributed by atoms with E-state index in [9.17, 15) is 4.79 Å². The summed E-state index contributed by atoms with van der Waals surface area (Å²) >= 11 is 0. The van der Waals surface area contributed by atoms with Gasteiger partial charge in [-0.3, -0.25) is 4.79 Å². The summed E-state index contributed by atoms with van der Waals surface area (Å²) < 4.78 is 6.98. The number of aromatic amines is 1. The molecule has 0 amide bonds. The number of aryl methyl sites for hydroxylation is 1. The molecule has 0 radical (unpaired) electrons. The number of nitrogens with one attached hydrogen (secondary N) is 1. The highest BCUT2D eigenvalue weighted by molar-refractivity contribution is 5.86. The van der Waals surface area contributed by atoms with Gasteiger partial charge in [0, 0.05) is 18.0 Å². The summed E-state index contributed by atoms with van der Waals surface area (Å²) in [7, 11) is 1.65. The van der Waals surface area contributed by atoms with Gasteiger partial charge in [0.2, 0.25) is 0 Å². The second-order valence-electron chi connectivity index (χ2n) is 5.50. The third kappa shape index (κ3) is 2.07. The molecule has 0 aliphatic carbocycles. The van der Waals surface area contributed by atoms with Crippen LogP contribution < -0.4 is 10.3 Å². The number of benzene rings is 1. The Morgan fingerprint density at radius 1 is 1.21 bits per heavy atom. The number of rotatable bonds is 3. The van der Waals surface area contributed by atoms with Crippen LogP contribution in [0.2, 0.25) is 0 Å². The Labute approximate surface area is 137 Å². The van der Waals surface area contributed by atoms with E-state index in [0.717, 1.165) is 40.2 Å². The van der Waals surface area contributed by atoms with Crippen LogP contribution in [0, 0.1) is 0 Å². The van der Waals surface area contributed by atoms with Crippen LogP contribution in [0.25, 0.3) is 27.7 Å². The van der Waals surface area contributed by atoms with Crippen LogP contribution in [-0.4, -0.2) is 26.7 Å². The maximum atomic E-state index is 12.0. The van der Waals surface area contributed by atoms with Crippen molar-refractivity contribution in [1.29, 1.82) is 0 Å². The van der Waals surface area contributed by atoms with Crippen molar-refractivity contribution in [2.45, 2.75) is 13.3 Å². The number of hydrogen-bond donors (Lipinski definition) is 1. The lowest BCUT2D eigenvalue weighted by molar-refractivity contribution is 0.415. The van der Waals surface area contributed by atoms with Gasteiger partial charge in [0.1, 0.15) is 5.75 Å². The normalized spacial score (nSPS) is 11.2. The zero-order valence-corrected chi connectivity index (χ0v) is 13.4. The Morgan fingerprint density at radius 3 is 2.71 bits per heavy atom. The summed E-state index contributed by atoms with van der Waals surface area (Å²) in [5.41, 5.74) is 4.29. The number of pyridine rings is 1. The predicted molar refractivity (Wildman–Crippen MR) is 92.5 cm³/mol. The second-order valence-corrected chi connectivity index (χ2v) is 5.50. The molecule has 120 valence electrons. The molecule has 0 saturated carbocycles. The molecule has 0 saturated heterocycles. The first-order valence-corrected chi connectivity index (χ1v) is 7.75. The van der Waals surface area contributed by atoms with Gasteiger partial charge in [-0.1, -0.05) is 19.1 Å². The Hall–Kier alpha value is -3.15. The molecule has 0 bridgehead atoms. The molecule has 1 aromatic carbocycles. The Morgan fingerprint density at radius 2 is 2.00 bits per heavy atom. The van der Waals surface area contributed by atoms with E-state index < -0.39 is 0 Å². The van der Waals surface area contributed by atoms with Gasteiger partial charge in [-0.15, -0.1) is 0 Å². The molecule has 4 rings (SSSR count). The van der Waals surface area contributed by atoms with E-state index in [4.69, 9.17) is 4.74 Å². The van der Waals surface area contributed by atoms with Gasteiger partial charge in [0.25, 0.3) is 5.56 Å². The average Bonchev–Trinajstić information content (AvgIpc) is 3.01. The van der Waals surface area contributed by atoms with Crippen LogP contribution in [0.15, 0.2) is 47.5 Å². The first-order valence-electron chi connectivity index (χ1n) is 7.75. The lowest BCUT2D eigenvalue weighted by Crippen LogP contribution is -2.07. The van der Waals surface area contributed by atoms with E-state index in [1.165, 1.54) is 0 Å². The number of aromatic nitrogens is 4. The van der Waals surface area contributed by atoms with Crippen molar-refractivity contribution >= 4 is 16.6 Å². The highest BCUT2D eigenvalue weighted by atomic mass is 16.5. The smallest absolute Gasteiger partial charge is 0.258 e. The maximum Gasteiger partial charge on any atom is 0.258 e. The number of hydrogen-bond acceptors (Lipinski definition) is 4. The van der Waals surface area contributed by atoms with Crippen LogP contribution in [0.3, 0.4) is 0 Å². The second kappa shape index (κ2) is 5.49. The fraction of sp³-hybridized carbons (Fsp3) is 0.167. The SMILES string of the molecule is CCc1nn2c(ncc3c(=O)[nH]ccc32)c1-c1ccc(OC)cc1. The summed E-state index contributed by atoms with van der Waals surface area (Å²) in [4.78, 5) is 19.1. The fourth-order valence-electron chi connectivity index (χ4n) is 2.96. The molecule has 0 fully saturated rings. The largest absolute Gasteiger partial charge is 0.497 e. The van der Waals surface area contributed by atoms with E-state index in [-0.39, 0.29) is 5.56 Å². The average molecular weight is 320 g/mol. The van der Waals surface area contributed by atoms with E-state index in [1.807, 2.05) is 30.3 Å². The highest BCUT2D eigenvalue weighted by Crippen LogP contribution is 2.30. The molecule has 1 N–H and O–H groups in total. The zero-order chi connectivity index (χ0) is 16.7. The summed E-state index contributed by atoms with van der Waals surface area (Å²) in [5, 5.41) is 5.21. The van der Waals surface area contributed by atoms with Gasteiger partial charge in [0.05, 0.1) is 23.7 Å². The summed E-state index contributed by atoms with van der Waals surface area (Å²) in [6.45, 7) is 2.06. The molecule has 24 heavy (non-hydrogen) atoms. The van der Waals surface area contributed by atoms with E-state index >= 15 is 0 Å². The monoisotopic (exact) mass is 320 g/mol. The van der Waals surface area contributed by atoms with Crippen LogP contribution in [0.5, 0.6) is 5.75 Å². The number of H-pyrrole nitrogens is 1. The lowest BCUT2D eigenvalue weighted by Gasteiger charge is -2.04. The topological polar surface area (TPSA) is 72.3 Å². The predicted octanol–water partition coefficient (Wildman–Crippen LogP) is 2.81. The van der Waals surface area contributed by atoms with Gasteiger partial charge in [-0.2, -0.15) is 5.10 Å². The van der Waals surface area contributed by atoms with Crippen LogP contribution in [-0.2, 0) is 6.42 Å². The molecule has 3 heterocycles. The minimum absolute atomic E-state index is 0.165. The summed E-state index contributed by atoms with van der Waals surface area (Å²) in [6, 6.07) is 9.68. The molecule has 6 heteroatoms. The summed E-state index contributed by atoms with van der Waals surface area (Å²) in [6.07, 6.45) is 4.01. The minimum atomic E-state index is -0.165. The summed E-state index contributed by atoms with van der Waals surface area (Å²) in [5.74, 6) is 0.804. The molecule has 0 aliphatic rings. The molecular formula is C18H16N4O2. The molecule has 3 aromatic heterocycles. The van der Waals surface area contributed by atoms with Crippen molar-refractivity contribution in [2.24, 2.45) is 0 Å². The van der Waals surface area contributed by atoms with E-state index in [2.05, 4.69) is 22.0 Å². The van der Waals surface area contributed by atoms with Gasteiger partial charge in [-0.25, -0.2) is 9.50 Å². The fourth-order valence-corrected chi connectivity index (χ4v) is 2.96. The third-order valence-electron chi connectivity index (χ3n) is 4.17. The standard InChI is InChI=1S/C18H16N4O2/c1-3-14-16(11-4-6-12(24-2)7-5-11)17-20-10-13-15(22(17)21-14)8-9-19-18(13)23/h4-10H,3H2,1-2H3,(H,19,23). The van der Waals surface area contributed by atoms with Crippen molar-refractivity contribution in [3.8, 4) is 16.9 Å². The van der Waals surface area contributed by atoms with Gasteiger partial charge < -0.3 is 9.72 Å². The molecular weight excluding hydrogens is 304 g/mol. The number of fused-ring (bicyclic) bond motifs is 3. The number of nitrogens with zero attached hydrogens (tertiary/aromatic N) is 3. The van der Waals surface area contributed by atoms with Crippen molar-refractivity contribution in [1.82, 2.24) is 19.6 Å².